The average Bonchev–Trinajstić information content (AvgIpc) is 3.34. The van der Waals surface area contributed by atoms with Crippen molar-refractivity contribution in [2.75, 3.05) is 20.4 Å². The highest BCUT2D eigenvalue weighted by Gasteiger charge is 2.53. The summed E-state index contributed by atoms with van der Waals surface area (Å²) >= 11 is 0. The van der Waals surface area contributed by atoms with Gasteiger partial charge >= 0.3 is 0 Å². The lowest BCUT2D eigenvalue weighted by Gasteiger charge is -2.40. The molecule has 146 valence electrons. The Morgan fingerprint density at radius 1 is 1.10 bits per heavy atom. The van der Waals surface area contributed by atoms with Gasteiger partial charge in [0.2, 0.25) is 24.3 Å². The molecule has 7 nitrogen and oxygen atoms in total. The van der Waals surface area contributed by atoms with Crippen molar-refractivity contribution in [1.29, 1.82) is 0 Å². The summed E-state index contributed by atoms with van der Waals surface area (Å²) in [5, 5.41) is 1.10. The maximum absolute atomic E-state index is 13.1. The topological polar surface area (TPSA) is 76.1 Å². The molecule has 0 radical (unpaired) electrons. The number of fused-ring (bicyclic) bond motifs is 5. The van der Waals surface area contributed by atoms with Crippen molar-refractivity contribution in [3.05, 3.63) is 48.0 Å². The Morgan fingerprint density at radius 2 is 1.93 bits per heavy atom. The highest BCUT2D eigenvalue weighted by molar-refractivity contribution is 5.99. The minimum Gasteiger partial charge on any atom is -0.454 e. The van der Waals surface area contributed by atoms with E-state index in [-0.39, 0.29) is 30.9 Å². The number of piperidine rings is 1. The van der Waals surface area contributed by atoms with Crippen molar-refractivity contribution in [3.8, 4) is 11.5 Å². The van der Waals surface area contributed by atoms with Gasteiger partial charge in [0.1, 0.15) is 11.6 Å². The lowest BCUT2D eigenvalue weighted by atomic mass is 9.80. The number of likely N-dealkylation sites (N-methyl/N-ethyl adjacent to an activating group) is 1. The van der Waals surface area contributed by atoms with Gasteiger partial charge in [-0.25, -0.2) is 4.90 Å². The molecular formula is C22H20N3O4+. The second-order valence-electron chi connectivity index (χ2n) is 7.95. The second-order valence-corrected chi connectivity index (χ2v) is 7.95. The van der Waals surface area contributed by atoms with Crippen LogP contribution in [0.1, 0.15) is 5.56 Å². The molecule has 3 aliphatic rings. The molecule has 0 saturated carbocycles. The van der Waals surface area contributed by atoms with E-state index in [1.807, 2.05) is 36.4 Å². The minimum atomic E-state index is -0.459. The zero-order valence-electron chi connectivity index (χ0n) is 15.9. The number of benzene rings is 2. The molecule has 4 heterocycles. The number of carbonyl (C=O) groups excluding carboxylic acids is 2. The Kier molecular flexibility index (Phi) is 3.35. The van der Waals surface area contributed by atoms with Gasteiger partial charge < -0.3 is 19.4 Å². The predicted molar refractivity (Wildman–Crippen MR) is 105 cm³/mol. The van der Waals surface area contributed by atoms with Gasteiger partial charge in [0.05, 0.1) is 12.1 Å². The second kappa shape index (κ2) is 5.84. The maximum Gasteiger partial charge on any atom is 0.232 e. The van der Waals surface area contributed by atoms with Crippen LogP contribution in [0, 0.1) is 5.92 Å². The van der Waals surface area contributed by atoms with Crippen LogP contribution in [0.2, 0.25) is 0 Å². The molecule has 1 saturated heterocycles. The minimum absolute atomic E-state index is 0.0313. The smallest absolute Gasteiger partial charge is 0.232 e. The summed E-state index contributed by atoms with van der Waals surface area (Å²) in [6.07, 6.45) is 0.562. The Bertz CT molecular complexity index is 1180. The molecule has 29 heavy (non-hydrogen) atoms. The number of likely N-dealkylation sites (tertiary alicyclic amines) is 1. The van der Waals surface area contributed by atoms with E-state index in [1.165, 1.54) is 0 Å². The fourth-order valence-corrected chi connectivity index (χ4v) is 5.03. The number of quaternary nitrogens is 1. The van der Waals surface area contributed by atoms with Crippen molar-refractivity contribution in [2.24, 2.45) is 5.92 Å². The fraction of sp³-hybridized carbons (Fsp3) is 0.273. The van der Waals surface area contributed by atoms with Gasteiger partial charge in [0.15, 0.2) is 17.5 Å². The summed E-state index contributed by atoms with van der Waals surface area (Å²) in [6.45, 7) is 0.337. The largest absolute Gasteiger partial charge is 0.454 e. The van der Waals surface area contributed by atoms with Crippen LogP contribution < -0.4 is 14.4 Å². The molecule has 1 amide bonds. The van der Waals surface area contributed by atoms with Crippen molar-refractivity contribution >= 4 is 34.1 Å². The van der Waals surface area contributed by atoms with Gasteiger partial charge in [-0.05, 0) is 18.6 Å². The van der Waals surface area contributed by atoms with Gasteiger partial charge in [0, 0.05) is 30.1 Å². The zero-order valence-corrected chi connectivity index (χ0v) is 15.9. The Morgan fingerprint density at radius 3 is 2.83 bits per heavy atom. The number of aromatic nitrogens is 1. The zero-order chi connectivity index (χ0) is 19.7. The molecule has 1 aromatic heterocycles. The van der Waals surface area contributed by atoms with Gasteiger partial charge in [-0.1, -0.05) is 18.2 Å². The van der Waals surface area contributed by atoms with Gasteiger partial charge in [-0.2, -0.15) is 0 Å². The SMILES string of the molecule is CN1CC(=O)C2[C@H](Cc3c([nH]c4ccccc34)[NH+]2c2ccc3c(c2)OCO3)C1=O. The number of rotatable bonds is 1. The standard InChI is InChI=1S/C22H19N3O4/c1-24-10-17(26)20-15(22(24)27)9-14-13-4-2-3-5-16(13)23-21(14)25(20)12-6-7-18-19(8-12)29-11-28-18/h2-8,15,20,23H,9-11H2,1H3/p+1/t15-,20?/m0/s1. The molecule has 0 aliphatic carbocycles. The summed E-state index contributed by atoms with van der Waals surface area (Å²) < 4.78 is 11.0. The molecule has 6 rings (SSSR count). The van der Waals surface area contributed by atoms with E-state index in [2.05, 4.69) is 11.1 Å². The first-order valence-electron chi connectivity index (χ1n) is 9.76. The molecule has 2 aromatic carbocycles. The molecule has 3 aliphatic heterocycles. The summed E-state index contributed by atoms with van der Waals surface area (Å²) in [6, 6.07) is 13.4. The van der Waals surface area contributed by atoms with Crippen LogP contribution in [-0.2, 0) is 16.0 Å². The Balaban J connectivity index is 1.59. The third kappa shape index (κ3) is 2.28. The monoisotopic (exact) mass is 390 g/mol. The molecule has 0 spiro atoms. The number of para-hydroxylation sites is 1. The number of carbonyl (C=O) groups is 2. The van der Waals surface area contributed by atoms with Crippen molar-refractivity contribution in [3.63, 3.8) is 0 Å². The molecule has 3 aromatic rings. The maximum atomic E-state index is 13.1. The van der Waals surface area contributed by atoms with Gasteiger partial charge in [-0.15, -0.1) is 0 Å². The molecule has 2 unspecified atom stereocenters. The van der Waals surface area contributed by atoms with E-state index in [4.69, 9.17) is 9.47 Å². The highest BCUT2D eigenvalue weighted by Crippen LogP contribution is 2.37. The fourth-order valence-electron chi connectivity index (χ4n) is 5.03. The first-order valence-corrected chi connectivity index (χ1v) is 9.76. The number of nitrogens with zero attached hydrogens (tertiary/aromatic N) is 1. The summed E-state index contributed by atoms with van der Waals surface area (Å²) in [7, 11) is 1.71. The normalized spacial score (nSPS) is 25.3. The molecular weight excluding hydrogens is 370 g/mol. The van der Waals surface area contributed by atoms with E-state index < -0.39 is 6.04 Å². The van der Waals surface area contributed by atoms with Crippen LogP contribution in [0.4, 0.5) is 11.5 Å². The number of hydrogen-bond acceptors (Lipinski definition) is 4. The number of hydrogen-bond donors (Lipinski definition) is 2. The summed E-state index contributed by atoms with van der Waals surface area (Å²) in [5.74, 6) is 2.05. The Hall–Kier alpha value is -3.32. The number of ether oxygens (including phenoxy) is 2. The van der Waals surface area contributed by atoms with Gasteiger partial charge in [-0.3, -0.25) is 9.59 Å². The number of ketones is 1. The van der Waals surface area contributed by atoms with Crippen molar-refractivity contribution in [2.45, 2.75) is 12.5 Å². The van der Waals surface area contributed by atoms with Crippen LogP contribution in [0.25, 0.3) is 10.9 Å². The quantitative estimate of drug-likeness (QED) is 0.657. The Labute approximate surface area is 166 Å². The first kappa shape index (κ1) is 16.6. The molecule has 1 fully saturated rings. The van der Waals surface area contributed by atoms with Crippen LogP contribution in [0.3, 0.4) is 0 Å². The third-order valence-electron chi connectivity index (χ3n) is 6.34. The van der Waals surface area contributed by atoms with Crippen LogP contribution in [0.15, 0.2) is 42.5 Å². The van der Waals surface area contributed by atoms with E-state index in [0.717, 1.165) is 32.9 Å². The molecule has 0 bridgehead atoms. The molecule has 7 heteroatoms. The van der Waals surface area contributed by atoms with E-state index in [0.29, 0.717) is 17.9 Å². The lowest BCUT2D eigenvalue weighted by molar-refractivity contribution is -0.789. The average molecular weight is 390 g/mol. The number of aromatic amines is 1. The van der Waals surface area contributed by atoms with Crippen molar-refractivity contribution < 1.29 is 24.0 Å². The number of nitrogens with one attached hydrogen (secondary N) is 2. The van der Waals surface area contributed by atoms with E-state index in [9.17, 15) is 9.59 Å². The third-order valence-corrected chi connectivity index (χ3v) is 6.34. The molecule has 3 atom stereocenters. The van der Waals surface area contributed by atoms with Crippen LogP contribution in [-0.4, -0.2) is 48.0 Å². The predicted octanol–water partition coefficient (Wildman–Crippen LogP) is 1.33. The number of H-pyrrole nitrogens is 1. The van der Waals surface area contributed by atoms with Gasteiger partial charge in [0.25, 0.3) is 0 Å². The lowest BCUT2D eigenvalue weighted by Crippen LogP contribution is -3.11. The van der Waals surface area contributed by atoms with Crippen molar-refractivity contribution in [1.82, 2.24) is 9.88 Å². The summed E-state index contributed by atoms with van der Waals surface area (Å²) in [5.41, 5.74) is 3.01. The number of amides is 1. The van der Waals surface area contributed by atoms with E-state index in [1.54, 1.807) is 11.9 Å². The van der Waals surface area contributed by atoms with Crippen LogP contribution >= 0.6 is 0 Å². The molecule has 2 N–H and O–H groups in total. The number of Topliss-reactive ketones (excluding diaryl/α,β-unsaturated/α-hetero) is 1. The van der Waals surface area contributed by atoms with Crippen LogP contribution in [0.5, 0.6) is 11.5 Å². The van der Waals surface area contributed by atoms with E-state index >= 15 is 0 Å². The summed E-state index contributed by atoms with van der Waals surface area (Å²) in [4.78, 5) is 32.2. The first-order chi connectivity index (χ1) is 14.1. The highest BCUT2D eigenvalue weighted by atomic mass is 16.7.